The molecular weight excluding hydrogens is 473 g/mol. The number of aromatic amines is 1. The number of nitrogens with zero attached hydrogens (tertiary/aromatic N) is 2. The Hall–Kier alpha value is -3.41. The van der Waals surface area contributed by atoms with E-state index in [9.17, 15) is 26.4 Å². The number of fused-ring (bicyclic) bond motifs is 1. The number of rotatable bonds is 8. The lowest BCUT2D eigenvalue weighted by Gasteiger charge is -2.18. The average molecular weight is 494 g/mol. The standard InChI is InChI=1S/C22H21F3N4O4S/c1-22(24,25)14-6-8-16(20(30)28-17(12-3-4-12)10-19(23)34(2,31)32)29-21(14)33-13-5-7-15-18(9-13)27-11-26-15/h5-12,17H,3-4H2,1-2H3,(H,26,27)(H,28,30)/b19-10+/t17-/m1/s1. The van der Waals surface area contributed by atoms with Crippen molar-refractivity contribution in [1.29, 1.82) is 0 Å². The molecule has 1 aromatic carbocycles. The van der Waals surface area contributed by atoms with Gasteiger partial charge in [0.15, 0.2) is 0 Å². The molecule has 1 saturated carbocycles. The van der Waals surface area contributed by atoms with Crippen LogP contribution in [0.1, 0.15) is 35.8 Å². The van der Waals surface area contributed by atoms with Gasteiger partial charge in [-0.05, 0) is 49.1 Å². The first kappa shape index (κ1) is 23.7. The van der Waals surface area contributed by atoms with Gasteiger partial charge in [-0.15, -0.1) is 0 Å². The maximum atomic E-state index is 14.2. The number of carbonyl (C=O) groups excluding carboxylic acids is 1. The van der Waals surface area contributed by atoms with E-state index in [1.807, 2.05) is 0 Å². The van der Waals surface area contributed by atoms with E-state index in [0.29, 0.717) is 30.8 Å². The van der Waals surface area contributed by atoms with Crippen molar-refractivity contribution in [2.45, 2.75) is 31.7 Å². The van der Waals surface area contributed by atoms with Gasteiger partial charge in [0, 0.05) is 19.2 Å². The second-order valence-electron chi connectivity index (χ2n) is 8.20. The molecule has 1 atom stereocenters. The summed E-state index contributed by atoms with van der Waals surface area (Å²) in [5.74, 6) is -4.50. The molecule has 0 bridgehead atoms. The normalized spacial score (nSPS) is 15.9. The minimum atomic E-state index is -4.06. The second-order valence-corrected chi connectivity index (χ2v) is 10.1. The summed E-state index contributed by atoms with van der Waals surface area (Å²) < 4.78 is 70.8. The lowest BCUT2D eigenvalue weighted by Crippen LogP contribution is -2.36. The molecule has 3 aromatic rings. The number of nitrogens with one attached hydrogen (secondary N) is 2. The van der Waals surface area contributed by atoms with Crippen LogP contribution in [0.25, 0.3) is 11.0 Å². The van der Waals surface area contributed by atoms with Crippen molar-refractivity contribution in [3.8, 4) is 11.6 Å². The Morgan fingerprint density at radius 2 is 2.03 bits per heavy atom. The molecule has 34 heavy (non-hydrogen) atoms. The van der Waals surface area contributed by atoms with Gasteiger partial charge < -0.3 is 15.0 Å². The van der Waals surface area contributed by atoms with E-state index in [1.165, 1.54) is 12.4 Å². The van der Waals surface area contributed by atoms with Gasteiger partial charge >= 0.3 is 0 Å². The van der Waals surface area contributed by atoms with E-state index in [0.717, 1.165) is 24.5 Å². The fraction of sp³-hybridized carbons (Fsp3) is 0.318. The zero-order valence-corrected chi connectivity index (χ0v) is 19.0. The summed E-state index contributed by atoms with van der Waals surface area (Å²) in [6.45, 7) is 0.677. The number of hydrogen-bond acceptors (Lipinski definition) is 6. The van der Waals surface area contributed by atoms with Crippen LogP contribution in [0.5, 0.6) is 11.6 Å². The Morgan fingerprint density at radius 3 is 2.68 bits per heavy atom. The third kappa shape index (κ3) is 5.38. The molecule has 4 rings (SSSR count). The first-order chi connectivity index (χ1) is 15.9. The molecule has 1 amide bonds. The smallest absolute Gasteiger partial charge is 0.275 e. The minimum absolute atomic E-state index is 0.132. The number of aromatic nitrogens is 3. The first-order valence-electron chi connectivity index (χ1n) is 10.3. The maximum absolute atomic E-state index is 14.2. The van der Waals surface area contributed by atoms with Gasteiger partial charge in [0.2, 0.25) is 20.9 Å². The maximum Gasteiger partial charge on any atom is 0.275 e. The predicted molar refractivity (Wildman–Crippen MR) is 118 cm³/mol. The van der Waals surface area contributed by atoms with Crippen LogP contribution in [0.2, 0.25) is 0 Å². The van der Waals surface area contributed by atoms with Crippen molar-refractivity contribution in [2.75, 3.05) is 6.26 Å². The van der Waals surface area contributed by atoms with Gasteiger partial charge in [-0.3, -0.25) is 4.79 Å². The molecule has 12 heteroatoms. The Labute approximate surface area is 193 Å². The Bertz CT molecular complexity index is 1380. The second kappa shape index (κ2) is 8.75. The fourth-order valence-corrected chi connectivity index (χ4v) is 3.70. The zero-order chi connectivity index (χ0) is 24.7. The summed E-state index contributed by atoms with van der Waals surface area (Å²) in [6, 6.07) is 5.96. The van der Waals surface area contributed by atoms with Crippen molar-refractivity contribution in [1.82, 2.24) is 20.3 Å². The number of sulfone groups is 1. The van der Waals surface area contributed by atoms with E-state index in [1.54, 1.807) is 12.1 Å². The monoisotopic (exact) mass is 494 g/mol. The number of benzene rings is 1. The Kier molecular flexibility index (Phi) is 6.11. The zero-order valence-electron chi connectivity index (χ0n) is 18.2. The third-order valence-corrected chi connectivity index (χ3v) is 6.11. The summed E-state index contributed by atoms with van der Waals surface area (Å²) in [7, 11) is -4.06. The highest BCUT2D eigenvalue weighted by Crippen LogP contribution is 2.37. The number of carbonyl (C=O) groups is 1. The van der Waals surface area contributed by atoms with Crippen molar-refractivity contribution < 1.29 is 31.1 Å². The fourth-order valence-electron chi connectivity index (χ4n) is 3.31. The van der Waals surface area contributed by atoms with Gasteiger partial charge in [0.05, 0.1) is 29.0 Å². The van der Waals surface area contributed by atoms with Crippen molar-refractivity contribution in [3.63, 3.8) is 0 Å². The van der Waals surface area contributed by atoms with Crippen molar-refractivity contribution >= 4 is 26.8 Å². The number of halogens is 3. The number of amides is 1. The van der Waals surface area contributed by atoms with Crippen molar-refractivity contribution in [3.05, 3.63) is 59.2 Å². The summed E-state index contributed by atoms with van der Waals surface area (Å²) >= 11 is 0. The molecule has 180 valence electrons. The van der Waals surface area contributed by atoms with Crippen LogP contribution < -0.4 is 10.1 Å². The molecule has 1 aliphatic rings. The van der Waals surface area contributed by atoms with Gasteiger partial charge in [-0.25, -0.2) is 27.2 Å². The number of ether oxygens (including phenoxy) is 1. The van der Waals surface area contributed by atoms with E-state index in [2.05, 4.69) is 20.3 Å². The summed E-state index contributed by atoms with van der Waals surface area (Å²) in [5.41, 5.74) is 0.484. The van der Waals surface area contributed by atoms with Crippen LogP contribution in [-0.4, -0.2) is 41.6 Å². The number of imidazole rings is 1. The van der Waals surface area contributed by atoms with Gasteiger partial charge in [-0.2, -0.15) is 4.39 Å². The lowest BCUT2D eigenvalue weighted by molar-refractivity contribution is 0.0149. The van der Waals surface area contributed by atoms with Crippen LogP contribution in [0, 0.1) is 5.92 Å². The summed E-state index contributed by atoms with van der Waals surface area (Å²) in [6.07, 6.45) is 4.39. The molecule has 0 spiro atoms. The highest BCUT2D eigenvalue weighted by Gasteiger charge is 2.34. The summed E-state index contributed by atoms with van der Waals surface area (Å²) in [5, 5.41) is 1.18. The molecule has 0 radical (unpaired) electrons. The SMILES string of the molecule is CC(F)(F)c1ccc(C(=O)N[C@H](/C=C(\F)S(C)(=O)=O)C2CC2)nc1Oc1ccc2nc[nH]c2c1. The highest BCUT2D eigenvalue weighted by atomic mass is 32.2. The third-order valence-electron chi connectivity index (χ3n) is 5.26. The van der Waals surface area contributed by atoms with Crippen LogP contribution in [0.15, 0.2) is 47.9 Å². The molecule has 0 saturated heterocycles. The number of hydrogen-bond donors (Lipinski definition) is 2. The number of pyridine rings is 1. The molecule has 2 heterocycles. The lowest BCUT2D eigenvalue weighted by atomic mass is 10.1. The number of alkyl halides is 2. The van der Waals surface area contributed by atoms with Gasteiger partial charge in [0.25, 0.3) is 11.8 Å². The molecule has 1 fully saturated rings. The molecule has 1 aliphatic carbocycles. The van der Waals surface area contributed by atoms with E-state index >= 15 is 0 Å². The van der Waals surface area contributed by atoms with Crippen LogP contribution in [0.4, 0.5) is 13.2 Å². The predicted octanol–water partition coefficient (Wildman–Crippen LogP) is 4.23. The molecule has 0 aliphatic heterocycles. The Balaban J connectivity index is 1.63. The summed E-state index contributed by atoms with van der Waals surface area (Å²) in [4.78, 5) is 23.7. The molecule has 2 N–H and O–H groups in total. The van der Waals surface area contributed by atoms with Gasteiger partial charge in [-0.1, -0.05) is 0 Å². The molecule has 8 nitrogen and oxygen atoms in total. The van der Waals surface area contributed by atoms with E-state index < -0.39 is 44.3 Å². The highest BCUT2D eigenvalue weighted by molar-refractivity contribution is 7.94. The van der Waals surface area contributed by atoms with E-state index in [4.69, 9.17) is 4.74 Å². The average Bonchev–Trinajstić information content (AvgIpc) is 3.49. The van der Waals surface area contributed by atoms with E-state index in [-0.39, 0.29) is 17.4 Å². The van der Waals surface area contributed by atoms with Crippen LogP contribution >= 0.6 is 0 Å². The largest absolute Gasteiger partial charge is 0.438 e. The van der Waals surface area contributed by atoms with Crippen LogP contribution in [-0.2, 0) is 15.8 Å². The first-order valence-corrected chi connectivity index (χ1v) is 12.2. The molecule has 2 aromatic heterocycles. The quantitative estimate of drug-likeness (QED) is 0.485. The molecule has 0 unspecified atom stereocenters. The van der Waals surface area contributed by atoms with Crippen molar-refractivity contribution in [2.24, 2.45) is 5.92 Å². The van der Waals surface area contributed by atoms with Gasteiger partial charge in [0.1, 0.15) is 11.4 Å². The number of H-pyrrole nitrogens is 1. The topological polar surface area (TPSA) is 114 Å². The minimum Gasteiger partial charge on any atom is -0.438 e. The molecular formula is C22H21F3N4O4S. The Morgan fingerprint density at radius 1 is 1.29 bits per heavy atom. The van der Waals surface area contributed by atoms with Crippen LogP contribution in [0.3, 0.4) is 0 Å².